The van der Waals surface area contributed by atoms with Crippen LogP contribution in [0.4, 0.5) is 0 Å². The van der Waals surface area contributed by atoms with Crippen molar-refractivity contribution in [3.63, 3.8) is 0 Å². The summed E-state index contributed by atoms with van der Waals surface area (Å²) in [5, 5.41) is 11.8. The van der Waals surface area contributed by atoms with Crippen molar-refractivity contribution in [1.29, 1.82) is 0 Å². The molecule has 4 nitrogen and oxygen atoms in total. The van der Waals surface area contributed by atoms with Crippen molar-refractivity contribution in [2.45, 2.75) is 32.2 Å². The summed E-state index contributed by atoms with van der Waals surface area (Å²) in [6.07, 6.45) is 1.82. The zero-order valence-electron chi connectivity index (χ0n) is 11.0. The molecule has 0 bridgehead atoms. The van der Waals surface area contributed by atoms with Crippen LogP contribution in [0.2, 0.25) is 0 Å². The van der Waals surface area contributed by atoms with Crippen molar-refractivity contribution in [2.75, 3.05) is 13.7 Å². The molecule has 0 heterocycles. The van der Waals surface area contributed by atoms with Crippen molar-refractivity contribution in [3.05, 3.63) is 29.8 Å². The fraction of sp³-hybridized carbons (Fsp3) is 0.500. The standard InChI is InChI=1S/C14H21NO3/c1-3-8-18-13-6-4-11(5-7-13)9-12(15-2)10-14(16)17/h4-7,12,15H,3,8-10H2,1-2H3,(H,16,17). The van der Waals surface area contributed by atoms with E-state index in [0.717, 1.165) is 24.3 Å². The lowest BCUT2D eigenvalue weighted by molar-refractivity contribution is -0.137. The molecule has 0 aliphatic carbocycles. The van der Waals surface area contributed by atoms with Crippen molar-refractivity contribution >= 4 is 5.97 Å². The zero-order chi connectivity index (χ0) is 13.4. The predicted octanol–water partition coefficient (Wildman–Crippen LogP) is 2.08. The molecule has 1 aromatic rings. The lowest BCUT2D eigenvalue weighted by atomic mass is 10.0. The Kier molecular flexibility index (Phi) is 6.22. The molecule has 2 N–H and O–H groups in total. The molecule has 1 unspecified atom stereocenters. The number of ether oxygens (including phenoxy) is 1. The summed E-state index contributed by atoms with van der Waals surface area (Å²) in [7, 11) is 1.78. The summed E-state index contributed by atoms with van der Waals surface area (Å²) in [5.74, 6) is 0.0806. The van der Waals surface area contributed by atoms with Crippen LogP contribution in [0, 0.1) is 0 Å². The van der Waals surface area contributed by atoms with E-state index in [4.69, 9.17) is 9.84 Å². The van der Waals surface area contributed by atoms with Gasteiger partial charge in [-0.25, -0.2) is 0 Å². The number of nitrogens with one attached hydrogen (secondary N) is 1. The highest BCUT2D eigenvalue weighted by atomic mass is 16.5. The minimum atomic E-state index is -0.780. The van der Waals surface area contributed by atoms with Crippen molar-refractivity contribution in [3.8, 4) is 5.75 Å². The van der Waals surface area contributed by atoms with E-state index < -0.39 is 5.97 Å². The van der Waals surface area contributed by atoms with Crippen LogP contribution >= 0.6 is 0 Å². The topological polar surface area (TPSA) is 58.6 Å². The molecule has 1 rings (SSSR count). The van der Waals surface area contributed by atoms with Gasteiger partial charge in [0.1, 0.15) is 5.75 Å². The van der Waals surface area contributed by atoms with E-state index in [1.54, 1.807) is 7.05 Å². The Morgan fingerprint density at radius 3 is 2.56 bits per heavy atom. The van der Waals surface area contributed by atoms with Gasteiger partial charge in [-0.2, -0.15) is 0 Å². The number of benzene rings is 1. The third kappa shape index (κ3) is 5.19. The molecule has 4 heteroatoms. The van der Waals surface area contributed by atoms with E-state index in [-0.39, 0.29) is 12.5 Å². The summed E-state index contributed by atoms with van der Waals surface area (Å²) in [4.78, 5) is 10.7. The third-order valence-corrected chi connectivity index (χ3v) is 2.71. The molecule has 0 aliphatic rings. The Morgan fingerprint density at radius 2 is 2.06 bits per heavy atom. The number of hydrogen-bond donors (Lipinski definition) is 2. The van der Waals surface area contributed by atoms with E-state index in [2.05, 4.69) is 12.2 Å². The second-order valence-corrected chi connectivity index (χ2v) is 4.28. The highest BCUT2D eigenvalue weighted by Crippen LogP contribution is 2.14. The lowest BCUT2D eigenvalue weighted by Gasteiger charge is -2.14. The highest BCUT2D eigenvalue weighted by Gasteiger charge is 2.11. The maximum absolute atomic E-state index is 10.7. The van der Waals surface area contributed by atoms with Gasteiger partial charge in [0.2, 0.25) is 0 Å². The second kappa shape index (κ2) is 7.71. The third-order valence-electron chi connectivity index (χ3n) is 2.71. The molecule has 0 fully saturated rings. The van der Waals surface area contributed by atoms with E-state index in [1.165, 1.54) is 0 Å². The van der Waals surface area contributed by atoms with Crippen LogP contribution in [-0.2, 0) is 11.2 Å². The monoisotopic (exact) mass is 251 g/mol. The van der Waals surface area contributed by atoms with E-state index >= 15 is 0 Å². The Labute approximate surface area is 108 Å². The minimum absolute atomic E-state index is 0.0371. The second-order valence-electron chi connectivity index (χ2n) is 4.28. The SMILES string of the molecule is CCCOc1ccc(CC(CC(=O)O)NC)cc1. The smallest absolute Gasteiger partial charge is 0.304 e. The summed E-state index contributed by atoms with van der Waals surface area (Å²) in [5.41, 5.74) is 1.11. The molecular weight excluding hydrogens is 230 g/mol. The van der Waals surface area contributed by atoms with Gasteiger partial charge in [0.05, 0.1) is 13.0 Å². The van der Waals surface area contributed by atoms with Crippen LogP contribution in [0.1, 0.15) is 25.3 Å². The van der Waals surface area contributed by atoms with Gasteiger partial charge < -0.3 is 15.2 Å². The van der Waals surface area contributed by atoms with Gasteiger partial charge in [-0.05, 0) is 37.6 Å². The number of likely N-dealkylation sites (N-methyl/N-ethyl adjacent to an activating group) is 1. The van der Waals surface area contributed by atoms with E-state index in [0.29, 0.717) is 6.42 Å². The van der Waals surface area contributed by atoms with Crippen LogP contribution in [0.3, 0.4) is 0 Å². The fourth-order valence-electron chi connectivity index (χ4n) is 1.71. The number of rotatable bonds is 8. The molecule has 1 aromatic carbocycles. The van der Waals surface area contributed by atoms with Gasteiger partial charge >= 0.3 is 5.97 Å². The van der Waals surface area contributed by atoms with Crippen LogP contribution in [0.15, 0.2) is 24.3 Å². The van der Waals surface area contributed by atoms with E-state index in [9.17, 15) is 4.79 Å². The summed E-state index contributed by atoms with van der Waals surface area (Å²) < 4.78 is 5.50. The number of aliphatic carboxylic acids is 1. The molecule has 1 atom stereocenters. The van der Waals surface area contributed by atoms with Crippen molar-refractivity contribution < 1.29 is 14.6 Å². The van der Waals surface area contributed by atoms with Gasteiger partial charge in [-0.15, -0.1) is 0 Å². The van der Waals surface area contributed by atoms with Gasteiger partial charge in [0, 0.05) is 6.04 Å². The van der Waals surface area contributed by atoms with Crippen LogP contribution in [0.25, 0.3) is 0 Å². The Morgan fingerprint density at radius 1 is 1.39 bits per heavy atom. The average molecular weight is 251 g/mol. The molecular formula is C14H21NO3. The lowest BCUT2D eigenvalue weighted by Crippen LogP contribution is -2.30. The first-order valence-corrected chi connectivity index (χ1v) is 6.26. The molecule has 0 radical (unpaired) electrons. The molecule has 0 amide bonds. The molecule has 0 saturated heterocycles. The van der Waals surface area contributed by atoms with Crippen LogP contribution in [-0.4, -0.2) is 30.8 Å². The number of carboxylic acid groups (broad SMARTS) is 1. The molecule has 100 valence electrons. The Hall–Kier alpha value is -1.55. The van der Waals surface area contributed by atoms with E-state index in [1.807, 2.05) is 24.3 Å². The number of carbonyl (C=O) groups is 1. The maximum Gasteiger partial charge on any atom is 0.304 e. The Bertz CT molecular complexity index is 362. The summed E-state index contributed by atoms with van der Waals surface area (Å²) in [6, 6.07) is 7.79. The molecule has 18 heavy (non-hydrogen) atoms. The molecule has 0 spiro atoms. The summed E-state index contributed by atoms with van der Waals surface area (Å²) in [6.45, 7) is 2.79. The van der Waals surface area contributed by atoms with Crippen molar-refractivity contribution in [2.24, 2.45) is 0 Å². The minimum Gasteiger partial charge on any atom is -0.494 e. The van der Waals surface area contributed by atoms with Gasteiger partial charge in [0.15, 0.2) is 0 Å². The zero-order valence-corrected chi connectivity index (χ0v) is 11.0. The maximum atomic E-state index is 10.7. The first kappa shape index (κ1) is 14.5. The molecule has 0 aromatic heterocycles. The number of hydrogen-bond acceptors (Lipinski definition) is 3. The van der Waals surface area contributed by atoms with Crippen LogP contribution in [0.5, 0.6) is 5.75 Å². The summed E-state index contributed by atoms with van der Waals surface area (Å²) >= 11 is 0. The normalized spacial score (nSPS) is 12.1. The molecule has 0 aliphatic heterocycles. The highest BCUT2D eigenvalue weighted by molar-refractivity contribution is 5.67. The van der Waals surface area contributed by atoms with Crippen molar-refractivity contribution in [1.82, 2.24) is 5.32 Å². The fourth-order valence-corrected chi connectivity index (χ4v) is 1.71. The van der Waals surface area contributed by atoms with Crippen LogP contribution < -0.4 is 10.1 Å². The Balaban J connectivity index is 2.53. The molecule has 0 saturated carbocycles. The van der Waals surface area contributed by atoms with Gasteiger partial charge in [-0.3, -0.25) is 4.79 Å². The average Bonchev–Trinajstić information content (AvgIpc) is 2.36. The van der Waals surface area contributed by atoms with Gasteiger partial charge in [0.25, 0.3) is 0 Å². The first-order valence-electron chi connectivity index (χ1n) is 6.26. The number of carboxylic acids is 1. The van der Waals surface area contributed by atoms with Gasteiger partial charge in [-0.1, -0.05) is 19.1 Å². The largest absolute Gasteiger partial charge is 0.494 e. The predicted molar refractivity (Wildman–Crippen MR) is 71.0 cm³/mol. The quantitative estimate of drug-likeness (QED) is 0.742. The first-order chi connectivity index (χ1) is 8.65.